The monoisotopic (exact) mass is 224 g/mol. The van der Waals surface area contributed by atoms with Gasteiger partial charge in [-0.1, -0.05) is 24.3 Å². The van der Waals surface area contributed by atoms with Gasteiger partial charge in [-0.2, -0.15) is 0 Å². The lowest BCUT2D eigenvalue weighted by molar-refractivity contribution is 0.102. The third kappa shape index (κ3) is 1.56. The number of fused-ring (bicyclic) bond motifs is 2. The molecule has 2 N–H and O–H groups in total. The topological polar surface area (TPSA) is 41.1 Å². The third-order valence-electron chi connectivity index (χ3n) is 2.95. The van der Waals surface area contributed by atoms with Crippen molar-refractivity contribution in [3.05, 3.63) is 53.6 Å². The summed E-state index contributed by atoms with van der Waals surface area (Å²) in [6, 6.07) is 13.4. The lowest BCUT2D eigenvalue weighted by atomic mass is 10.1. The molecule has 0 atom stereocenters. The molecule has 1 heterocycles. The molecule has 0 radical (unpaired) electrons. The van der Waals surface area contributed by atoms with Crippen LogP contribution in [0.4, 0.5) is 17.1 Å². The number of para-hydroxylation sites is 2. The molecule has 1 amide bonds. The van der Waals surface area contributed by atoms with Crippen molar-refractivity contribution < 1.29 is 4.79 Å². The zero-order chi connectivity index (χ0) is 11.8. The van der Waals surface area contributed by atoms with Crippen LogP contribution in [0.15, 0.2) is 42.5 Å². The Bertz CT molecular complexity index is 605. The highest BCUT2D eigenvalue weighted by molar-refractivity contribution is 6.12. The zero-order valence-corrected chi connectivity index (χ0v) is 9.45. The Morgan fingerprint density at radius 2 is 1.65 bits per heavy atom. The van der Waals surface area contributed by atoms with E-state index < -0.39 is 0 Å². The molecule has 1 aliphatic heterocycles. The number of carbonyl (C=O) groups excluding carboxylic acids is 1. The molecule has 0 unspecified atom stereocenters. The minimum atomic E-state index is -0.0718. The van der Waals surface area contributed by atoms with Gasteiger partial charge >= 0.3 is 0 Å². The number of aryl methyl sites for hydroxylation is 1. The molecule has 1 aliphatic rings. The van der Waals surface area contributed by atoms with Gasteiger partial charge in [-0.05, 0) is 30.7 Å². The summed E-state index contributed by atoms with van der Waals surface area (Å²) in [7, 11) is 0. The smallest absolute Gasteiger partial charge is 0.257 e. The second kappa shape index (κ2) is 3.63. The van der Waals surface area contributed by atoms with Crippen molar-refractivity contribution in [3.63, 3.8) is 0 Å². The van der Waals surface area contributed by atoms with Crippen molar-refractivity contribution in [2.24, 2.45) is 0 Å². The van der Waals surface area contributed by atoms with Gasteiger partial charge in [-0.15, -0.1) is 0 Å². The molecule has 2 aromatic rings. The summed E-state index contributed by atoms with van der Waals surface area (Å²) in [6.45, 7) is 2.02. The van der Waals surface area contributed by atoms with Crippen molar-refractivity contribution in [3.8, 4) is 0 Å². The highest BCUT2D eigenvalue weighted by Crippen LogP contribution is 2.33. The number of rotatable bonds is 0. The maximum Gasteiger partial charge on any atom is 0.257 e. The van der Waals surface area contributed by atoms with E-state index in [1.807, 2.05) is 49.4 Å². The van der Waals surface area contributed by atoms with Crippen molar-refractivity contribution in [1.29, 1.82) is 0 Å². The number of anilines is 3. The molecule has 3 nitrogen and oxygen atoms in total. The minimum Gasteiger partial charge on any atom is -0.353 e. The zero-order valence-electron chi connectivity index (χ0n) is 9.45. The van der Waals surface area contributed by atoms with Crippen LogP contribution >= 0.6 is 0 Å². The van der Waals surface area contributed by atoms with E-state index >= 15 is 0 Å². The SMILES string of the molecule is Cc1cccc2c1Nc1ccccc1C(=O)N2. The predicted molar refractivity (Wildman–Crippen MR) is 68.9 cm³/mol. The Labute approximate surface area is 99.5 Å². The van der Waals surface area contributed by atoms with Crippen molar-refractivity contribution in [1.82, 2.24) is 0 Å². The summed E-state index contributed by atoms with van der Waals surface area (Å²) in [5.74, 6) is -0.0718. The molecule has 3 rings (SSSR count). The van der Waals surface area contributed by atoms with E-state index in [9.17, 15) is 4.79 Å². The van der Waals surface area contributed by atoms with Crippen molar-refractivity contribution in [2.45, 2.75) is 6.92 Å². The molecule has 0 aliphatic carbocycles. The van der Waals surface area contributed by atoms with Crippen LogP contribution in [0.25, 0.3) is 0 Å². The Hall–Kier alpha value is -2.29. The van der Waals surface area contributed by atoms with Crippen LogP contribution in [0.5, 0.6) is 0 Å². The van der Waals surface area contributed by atoms with E-state index in [4.69, 9.17) is 0 Å². The molecule has 84 valence electrons. The van der Waals surface area contributed by atoms with Gasteiger partial charge in [0.15, 0.2) is 0 Å². The first-order valence-corrected chi connectivity index (χ1v) is 5.53. The number of benzene rings is 2. The van der Waals surface area contributed by atoms with Gasteiger partial charge in [0.1, 0.15) is 0 Å². The standard InChI is InChI=1S/C14H12N2O/c1-9-5-4-8-12-13(9)15-11-7-3-2-6-10(11)14(17)16-12/h2-8,15H,1H3,(H,16,17). The van der Waals surface area contributed by atoms with Gasteiger partial charge in [0.25, 0.3) is 5.91 Å². The first-order valence-electron chi connectivity index (χ1n) is 5.53. The summed E-state index contributed by atoms with van der Waals surface area (Å²) in [6.07, 6.45) is 0. The van der Waals surface area contributed by atoms with Crippen LogP contribution < -0.4 is 10.6 Å². The van der Waals surface area contributed by atoms with Crippen molar-refractivity contribution >= 4 is 23.0 Å². The molecule has 0 aromatic heterocycles. The maximum atomic E-state index is 12.0. The van der Waals surface area contributed by atoms with Crippen LogP contribution in [-0.2, 0) is 0 Å². The Kier molecular flexibility index (Phi) is 2.11. The van der Waals surface area contributed by atoms with Crippen LogP contribution in [-0.4, -0.2) is 5.91 Å². The summed E-state index contributed by atoms with van der Waals surface area (Å²) < 4.78 is 0. The highest BCUT2D eigenvalue weighted by Gasteiger charge is 2.18. The Morgan fingerprint density at radius 3 is 2.53 bits per heavy atom. The summed E-state index contributed by atoms with van der Waals surface area (Å²) in [4.78, 5) is 12.0. The van der Waals surface area contributed by atoms with Gasteiger partial charge in [0.05, 0.1) is 22.6 Å². The first kappa shape index (κ1) is 9.90. The molecule has 0 saturated heterocycles. The second-order valence-electron chi connectivity index (χ2n) is 4.12. The van der Waals surface area contributed by atoms with Crippen LogP contribution in [0, 0.1) is 6.92 Å². The van der Waals surface area contributed by atoms with Gasteiger partial charge in [0.2, 0.25) is 0 Å². The molecule has 2 aromatic carbocycles. The van der Waals surface area contributed by atoms with E-state index in [1.165, 1.54) is 0 Å². The molecule has 0 saturated carbocycles. The average Bonchev–Trinajstić information content (AvgIpc) is 2.47. The minimum absolute atomic E-state index is 0.0718. The quantitative estimate of drug-likeness (QED) is 0.720. The molecule has 0 spiro atoms. The first-order chi connectivity index (χ1) is 8.25. The fourth-order valence-corrected chi connectivity index (χ4v) is 2.05. The van der Waals surface area contributed by atoms with E-state index in [2.05, 4.69) is 10.6 Å². The van der Waals surface area contributed by atoms with Crippen molar-refractivity contribution in [2.75, 3.05) is 10.6 Å². The Morgan fingerprint density at radius 1 is 0.882 bits per heavy atom. The van der Waals surface area contributed by atoms with Gasteiger partial charge < -0.3 is 10.6 Å². The number of hydrogen-bond donors (Lipinski definition) is 2. The fraction of sp³-hybridized carbons (Fsp3) is 0.0714. The number of hydrogen-bond acceptors (Lipinski definition) is 2. The Balaban J connectivity index is 2.21. The van der Waals surface area contributed by atoms with Crippen LogP contribution in [0.3, 0.4) is 0 Å². The molecular weight excluding hydrogens is 212 g/mol. The summed E-state index contributed by atoms with van der Waals surface area (Å²) in [5, 5.41) is 6.24. The lowest BCUT2D eigenvalue weighted by Gasteiger charge is -2.11. The van der Waals surface area contributed by atoms with Crippen LogP contribution in [0.1, 0.15) is 15.9 Å². The van der Waals surface area contributed by atoms with E-state index in [1.54, 1.807) is 0 Å². The summed E-state index contributed by atoms with van der Waals surface area (Å²) >= 11 is 0. The third-order valence-corrected chi connectivity index (χ3v) is 2.95. The molecule has 17 heavy (non-hydrogen) atoms. The molecule has 0 fully saturated rings. The lowest BCUT2D eigenvalue weighted by Crippen LogP contribution is -2.10. The summed E-state index contributed by atoms with van der Waals surface area (Å²) in [5.41, 5.74) is 4.41. The number of amides is 1. The molecule has 0 bridgehead atoms. The normalized spacial score (nSPS) is 12.9. The number of nitrogens with one attached hydrogen (secondary N) is 2. The predicted octanol–water partition coefficient (Wildman–Crippen LogP) is 3.30. The van der Waals surface area contributed by atoms with E-state index in [0.29, 0.717) is 5.56 Å². The van der Waals surface area contributed by atoms with Crippen LogP contribution in [0.2, 0.25) is 0 Å². The largest absolute Gasteiger partial charge is 0.353 e. The average molecular weight is 224 g/mol. The van der Waals surface area contributed by atoms with E-state index in [-0.39, 0.29) is 5.91 Å². The maximum absolute atomic E-state index is 12.0. The highest BCUT2D eigenvalue weighted by atomic mass is 16.1. The fourth-order valence-electron chi connectivity index (χ4n) is 2.05. The molecule has 3 heteroatoms. The van der Waals surface area contributed by atoms with Gasteiger partial charge in [-0.3, -0.25) is 4.79 Å². The number of carbonyl (C=O) groups is 1. The second-order valence-corrected chi connectivity index (χ2v) is 4.12. The molecular formula is C14H12N2O. The van der Waals surface area contributed by atoms with Gasteiger partial charge in [0, 0.05) is 0 Å². The van der Waals surface area contributed by atoms with Gasteiger partial charge in [-0.25, -0.2) is 0 Å². The van der Waals surface area contributed by atoms with E-state index in [0.717, 1.165) is 22.6 Å².